The smallest absolute Gasteiger partial charge is 0.141 e. The van der Waals surface area contributed by atoms with Crippen molar-refractivity contribution in [1.82, 2.24) is 0 Å². The summed E-state index contributed by atoms with van der Waals surface area (Å²) in [6.07, 6.45) is 14.1. The van der Waals surface area contributed by atoms with E-state index < -0.39 is 0 Å². The molecule has 0 saturated carbocycles. The Balaban J connectivity index is 3.88. The number of hydrogen-bond acceptors (Lipinski definition) is 4. The van der Waals surface area contributed by atoms with Crippen LogP contribution in [-0.2, 0) is 10.6 Å². The Morgan fingerprint density at radius 3 is 2.29 bits per heavy atom. The molecule has 0 radical (unpaired) electrons. The van der Waals surface area contributed by atoms with Gasteiger partial charge in [0.25, 0.3) is 0 Å². The maximum Gasteiger partial charge on any atom is 0.141 e. The minimum atomic E-state index is 0.457. The van der Waals surface area contributed by atoms with Gasteiger partial charge in [0.05, 0.1) is 0 Å². The van der Waals surface area contributed by atoms with Crippen LogP contribution >= 0.6 is 25.8 Å². The van der Waals surface area contributed by atoms with E-state index in [1.165, 1.54) is 0 Å². The van der Waals surface area contributed by atoms with E-state index in [0.717, 1.165) is 33.4 Å². The van der Waals surface area contributed by atoms with Crippen LogP contribution in [-0.4, -0.2) is 0 Å². The van der Waals surface area contributed by atoms with Crippen molar-refractivity contribution in [2.45, 2.75) is 27.2 Å². The van der Waals surface area contributed by atoms with Gasteiger partial charge < -0.3 is 8.37 Å². The quantitative estimate of drug-likeness (QED) is 0.179. The third-order valence-corrected chi connectivity index (χ3v) is 4.72. The molecule has 1 rings (SSSR count). The fraction of sp³-hybridized carbons (Fsp3) is 0.167. The van der Waals surface area contributed by atoms with E-state index in [2.05, 4.69) is 45.6 Å². The summed E-state index contributed by atoms with van der Waals surface area (Å²) in [5.41, 5.74) is 5.77. The van der Waals surface area contributed by atoms with E-state index in [1.54, 1.807) is 0 Å². The zero-order valence-electron chi connectivity index (χ0n) is 16.7. The van der Waals surface area contributed by atoms with Gasteiger partial charge in [0.15, 0.2) is 0 Å². The molecule has 0 aliphatic heterocycles. The molecule has 0 N–H and O–H groups in total. The van der Waals surface area contributed by atoms with Gasteiger partial charge in [-0.1, -0.05) is 68.3 Å². The fourth-order valence-electron chi connectivity index (χ4n) is 2.97. The normalized spacial score (nSPS) is 12.8. The van der Waals surface area contributed by atoms with Gasteiger partial charge in [0.1, 0.15) is 11.5 Å². The highest BCUT2D eigenvalue weighted by molar-refractivity contribution is 7.75. The molecule has 28 heavy (non-hydrogen) atoms. The molecule has 0 aliphatic rings. The van der Waals surface area contributed by atoms with Crippen molar-refractivity contribution in [3.05, 3.63) is 101 Å². The fourth-order valence-corrected chi connectivity index (χ4v) is 3.25. The van der Waals surface area contributed by atoms with E-state index >= 15 is 0 Å². The van der Waals surface area contributed by atoms with Crippen molar-refractivity contribution in [1.29, 1.82) is 0 Å². The SMILES string of the molecule is C=CC(=C/C)/C(/C=C\C)=C(/Cc1c(OS)ccc(C=C)c1/C=C\C)C(=C)OS. The molecule has 0 spiro atoms. The maximum absolute atomic E-state index is 5.36. The Morgan fingerprint density at radius 1 is 1.11 bits per heavy atom. The predicted octanol–water partition coefficient (Wildman–Crippen LogP) is 7.51. The Morgan fingerprint density at radius 2 is 1.82 bits per heavy atom. The first-order chi connectivity index (χ1) is 13.5. The topological polar surface area (TPSA) is 18.5 Å². The molecular formula is C24H28O2S2. The lowest BCUT2D eigenvalue weighted by molar-refractivity contribution is 0.519. The molecule has 0 bridgehead atoms. The zero-order valence-corrected chi connectivity index (χ0v) is 18.5. The van der Waals surface area contributed by atoms with Crippen LogP contribution in [0.1, 0.15) is 37.5 Å². The van der Waals surface area contributed by atoms with E-state index in [9.17, 15) is 0 Å². The van der Waals surface area contributed by atoms with Gasteiger partial charge in [-0.2, -0.15) is 0 Å². The van der Waals surface area contributed by atoms with Gasteiger partial charge in [0, 0.05) is 43.4 Å². The first-order valence-electron chi connectivity index (χ1n) is 8.90. The second-order valence-corrected chi connectivity index (χ2v) is 6.24. The second-order valence-electron chi connectivity index (χ2n) is 5.87. The number of thiol groups is 2. The summed E-state index contributed by atoms with van der Waals surface area (Å²) >= 11 is 8.04. The molecule has 148 valence electrons. The second kappa shape index (κ2) is 12.2. The van der Waals surface area contributed by atoms with Gasteiger partial charge in [-0.3, -0.25) is 0 Å². The molecule has 0 unspecified atom stereocenters. The van der Waals surface area contributed by atoms with Crippen LogP contribution in [0.3, 0.4) is 0 Å². The van der Waals surface area contributed by atoms with Gasteiger partial charge in [0.2, 0.25) is 0 Å². The van der Waals surface area contributed by atoms with Gasteiger partial charge in [-0.25, -0.2) is 0 Å². The molecule has 0 saturated heterocycles. The van der Waals surface area contributed by atoms with Crippen LogP contribution < -0.4 is 4.18 Å². The molecule has 0 fully saturated rings. The number of benzene rings is 1. The first-order valence-corrected chi connectivity index (χ1v) is 9.63. The number of allylic oxidation sites excluding steroid dienone is 8. The lowest BCUT2D eigenvalue weighted by atomic mass is 9.89. The van der Waals surface area contributed by atoms with Crippen molar-refractivity contribution in [2.24, 2.45) is 0 Å². The van der Waals surface area contributed by atoms with Gasteiger partial charge >= 0.3 is 0 Å². The van der Waals surface area contributed by atoms with Gasteiger partial charge in [-0.05, 0) is 49.1 Å². The Bertz CT molecular complexity index is 856. The summed E-state index contributed by atoms with van der Waals surface area (Å²) in [5, 5.41) is 0. The van der Waals surface area contributed by atoms with Crippen molar-refractivity contribution in [2.75, 3.05) is 0 Å². The minimum Gasteiger partial charge on any atom is -0.429 e. The predicted molar refractivity (Wildman–Crippen MR) is 130 cm³/mol. The summed E-state index contributed by atoms with van der Waals surface area (Å²) < 4.78 is 10.6. The molecule has 0 amide bonds. The average molecular weight is 413 g/mol. The van der Waals surface area contributed by atoms with Crippen molar-refractivity contribution >= 4 is 38.0 Å². The largest absolute Gasteiger partial charge is 0.429 e. The summed E-state index contributed by atoms with van der Waals surface area (Å²) in [7, 11) is 0. The van der Waals surface area contributed by atoms with Crippen LogP contribution in [0.25, 0.3) is 12.2 Å². The summed E-state index contributed by atoms with van der Waals surface area (Å²) in [4.78, 5) is 0. The average Bonchev–Trinajstić information content (AvgIpc) is 2.72. The first kappa shape index (κ1) is 23.7. The van der Waals surface area contributed by atoms with Crippen molar-refractivity contribution < 1.29 is 8.37 Å². The zero-order chi connectivity index (χ0) is 21.1. The lowest BCUT2D eigenvalue weighted by Crippen LogP contribution is -2.04. The van der Waals surface area contributed by atoms with E-state index in [-0.39, 0.29) is 0 Å². The molecule has 0 aromatic heterocycles. The van der Waals surface area contributed by atoms with Crippen LogP contribution in [0.5, 0.6) is 5.75 Å². The Hall–Kier alpha value is -2.30. The maximum atomic E-state index is 5.36. The highest BCUT2D eigenvalue weighted by Crippen LogP contribution is 2.35. The third kappa shape index (κ3) is 5.60. The van der Waals surface area contributed by atoms with Crippen LogP contribution in [0.15, 0.2) is 84.7 Å². The van der Waals surface area contributed by atoms with Gasteiger partial charge in [-0.15, -0.1) is 0 Å². The van der Waals surface area contributed by atoms with Crippen LogP contribution in [0.2, 0.25) is 0 Å². The van der Waals surface area contributed by atoms with Crippen molar-refractivity contribution in [3.8, 4) is 5.75 Å². The number of rotatable bonds is 10. The summed E-state index contributed by atoms with van der Waals surface area (Å²) in [6, 6.07) is 3.84. The monoisotopic (exact) mass is 412 g/mol. The molecule has 2 nitrogen and oxygen atoms in total. The highest BCUT2D eigenvalue weighted by Gasteiger charge is 2.18. The number of hydrogen-bond donors (Lipinski definition) is 2. The molecule has 0 atom stereocenters. The molecule has 1 aromatic rings. The van der Waals surface area contributed by atoms with E-state index in [4.69, 9.17) is 8.37 Å². The third-order valence-electron chi connectivity index (χ3n) is 4.30. The minimum absolute atomic E-state index is 0.457. The molecular weight excluding hydrogens is 384 g/mol. The van der Waals surface area contributed by atoms with Crippen LogP contribution in [0, 0.1) is 0 Å². The van der Waals surface area contributed by atoms with E-state index in [0.29, 0.717) is 17.9 Å². The molecule has 0 heterocycles. The van der Waals surface area contributed by atoms with E-state index in [1.807, 2.05) is 75.4 Å². The van der Waals surface area contributed by atoms with Crippen molar-refractivity contribution in [3.63, 3.8) is 0 Å². The highest BCUT2D eigenvalue weighted by atomic mass is 32.1. The van der Waals surface area contributed by atoms with Crippen LogP contribution in [0.4, 0.5) is 0 Å². The lowest BCUT2D eigenvalue weighted by Gasteiger charge is -2.19. The summed E-state index contributed by atoms with van der Waals surface area (Å²) in [6.45, 7) is 17.8. The molecule has 0 aliphatic carbocycles. The standard InChI is InChI=1S/C24H28O2S2/c1-7-12-20(18(9-3)10-4)22(17(6)25-27)16-23-21(13-8-2)19(11-5)14-15-24(23)26-28/h7-15,27-28H,3,5-6,16H2,1-2,4H3/b12-7-,13-8-,18-10-,22-20-. The summed E-state index contributed by atoms with van der Waals surface area (Å²) in [5.74, 6) is 1.12. The Kier molecular flexibility index (Phi) is 10.4. The molecule has 4 heteroatoms. The molecule has 1 aromatic carbocycles. The Labute approximate surface area is 180 Å².